The summed E-state index contributed by atoms with van der Waals surface area (Å²) in [5, 5.41) is 0. The van der Waals surface area contributed by atoms with Gasteiger partial charge in [-0.05, 0) is 37.8 Å². The number of rotatable bonds is 0. The summed E-state index contributed by atoms with van der Waals surface area (Å²) in [5.41, 5.74) is 0. The van der Waals surface area contributed by atoms with E-state index in [0.717, 1.165) is 11.8 Å². The predicted octanol–water partition coefficient (Wildman–Crippen LogP) is 2.37. The van der Waals surface area contributed by atoms with E-state index in [2.05, 4.69) is 11.8 Å². The molecule has 11 heavy (non-hydrogen) atoms. The summed E-state index contributed by atoms with van der Waals surface area (Å²) in [6.45, 7) is 10.5. The van der Waals surface area contributed by atoms with E-state index < -0.39 is 0 Å². The highest BCUT2D eigenvalue weighted by molar-refractivity contribution is 4.83. The monoisotopic (exact) mass is 155 g/mol. The van der Waals surface area contributed by atoms with Gasteiger partial charge in [-0.3, -0.25) is 0 Å². The first-order valence-corrected chi connectivity index (χ1v) is 5.08. The van der Waals surface area contributed by atoms with E-state index in [1.807, 2.05) is 13.8 Å². The van der Waals surface area contributed by atoms with Crippen LogP contribution in [0.5, 0.6) is 0 Å². The van der Waals surface area contributed by atoms with Gasteiger partial charge in [-0.1, -0.05) is 20.8 Å². The fourth-order valence-electron chi connectivity index (χ4n) is 2.26. The van der Waals surface area contributed by atoms with E-state index in [9.17, 15) is 0 Å². The lowest BCUT2D eigenvalue weighted by molar-refractivity contribution is 0.0603. The number of hydrogen-bond acceptors (Lipinski definition) is 1. The fraction of sp³-hybridized carbons (Fsp3) is 1.00. The Hall–Kier alpha value is -0.0400. The zero-order valence-electron chi connectivity index (χ0n) is 8.14. The molecule has 3 saturated heterocycles. The molecule has 66 valence electrons. The van der Waals surface area contributed by atoms with Crippen LogP contribution >= 0.6 is 0 Å². The molecule has 3 heterocycles. The molecule has 0 spiro atoms. The molecule has 3 rings (SSSR count). The zero-order chi connectivity index (χ0) is 8.27. The Bertz CT molecular complexity index is 103. The molecular formula is C10H21N. The van der Waals surface area contributed by atoms with Gasteiger partial charge in [0.15, 0.2) is 0 Å². The molecule has 2 bridgehead atoms. The molecule has 0 aromatic carbocycles. The van der Waals surface area contributed by atoms with Crippen molar-refractivity contribution in [1.82, 2.24) is 4.90 Å². The van der Waals surface area contributed by atoms with Gasteiger partial charge < -0.3 is 4.90 Å². The van der Waals surface area contributed by atoms with E-state index in [4.69, 9.17) is 0 Å². The molecule has 1 nitrogen and oxygen atoms in total. The van der Waals surface area contributed by atoms with Crippen LogP contribution in [0.25, 0.3) is 0 Å². The standard InChI is InChI=1S/C8H15N.C2H6/c1-7-6-9-4-2-8(7)3-5-9;1-2/h7-8H,2-6H2,1H3;1-2H3/t7-;/m0./s1. The van der Waals surface area contributed by atoms with Gasteiger partial charge in [0.05, 0.1) is 0 Å². The Morgan fingerprint density at radius 3 is 1.82 bits per heavy atom. The number of hydrogen-bond donors (Lipinski definition) is 0. The van der Waals surface area contributed by atoms with E-state index >= 15 is 0 Å². The van der Waals surface area contributed by atoms with Crippen molar-refractivity contribution >= 4 is 0 Å². The summed E-state index contributed by atoms with van der Waals surface area (Å²) >= 11 is 0. The Kier molecular flexibility index (Phi) is 3.38. The average Bonchev–Trinajstić information content (AvgIpc) is 2.10. The van der Waals surface area contributed by atoms with Crippen molar-refractivity contribution in [1.29, 1.82) is 0 Å². The summed E-state index contributed by atoms with van der Waals surface area (Å²) in [4.78, 5) is 2.60. The topological polar surface area (TPSA) is 3.24 Å². The van der Waals surface area contributed by atoms with Gasteiger partial charge in [0.1, 0.15) is 0 Å². The molecule has 0 N–H and O–H groups in total. The molecule has 0 aromatic rings. The normalized spacial score (nSPS) is 41.2. The number of piperidine rings is 3. The Balaban J connectivity index is 0.000000281. The lowest BCUT2D eigenvalue weighted by Crippen LogP contribution is -2.46. The van der Waals surface area contributed by atoms with E-state index in [1.165, 1.54) is 32.5 Å². The van der Waals surface area contributed by atoms with Crippen molar-refractivity contribution in [2.24, 2.45) is 11.8 Å². The third kappa shape index (κ3) is 1.96. The van der Waals surface area contributed by atoms with Crippen LogP contribution < -0.4 is 0 Å². The minimum atomic E-state index is 0.993. The highest BCUT2D eigenvalue weighted by Gasteiger charge is 2.30. The van der Waals surface area contributed by atoms with Crippen molar-refractivity contribution < 1.29 is 0 Å². The zero-order valence-corrected chi connectivity index (χ0v) is 8.14. The lowest BCUT2D eigenvalue weighted by Gasteiger charge is -2.43. The van der Waals surface area contributed by atoms with E-state index in [1.54, 1.807) is 0 Å². The second-order valence-electron chi connectivity index (χ2n) is 3.62. The molecule has 3 aliphatic heterocycles. The summed E-state index contributed by atoms with van der Waals surface area (Å²) in [5.74, 6) is 2.07. The van der Waals surface area contributed by atoms with Crippen molar-refractivity contribution in [3.63, 3.8) is 0 Å². The molecule has 0 radical (unpaired) electrons. The summed E-state index contributed by atoms with van der Waals surface area (Å²) in [7, 11) is 0. The van der Waals surface area contributed by atoms with Gasteiger partial charge in [0.25, 0.3) is 0 Å². The molecule has 0 saturated carbocycles. The molecule has 0 aliphatic carbocycles. The second kappa shape index (κ2) is 4.10. The van der Waals surface area contributed by atoms with Crippen LogP contribution in [-0.4, -0.2) is 24.5 Å². The van der Waals surface area contributed by atoms with Crippen LogP contribution in [0.4, 0.5) is 0 Å². The molecule has 0 aromatic heterocycles. The van der Waals surface area contributed by atoms with Crippen molar-refractivity contribution in [2.75, 3.05) is 19.6 Å². The highest BCUT2D eigenvalue weighted by Crippen LogP contribution is 2.31. The maximum Gasteiger partial charge on any atom is 0.000968 e. The van der Waals surface area contributed by atoms with E-state index in [0.29, 0.717) is 0 Å². The maximum absolute atomic E-state index is 2.60. The van der Waals surface area contributed by atoms with Gasteiger partial charge in [-0.2, -0.15) is 0 Å². The van der Waals surface area contributed by atoms with Crippen LogP contribution in [0, 0.1) is 11.8 Å². The minimum absolute atomic E-state index is 0.993. The molecular weight excluding hydrogens is 134 g/mol. The first-order valence-electron chi connectivity index (χ1n) is 5.08. The quantitative estimate of drug-likeness (QED) is 0.519. The minimum Gasteiger partial charge on any atom is -0.303 e. The van der Waals surface area contributed by atoms with Gasteiger partial charge in [-0.25, -0.2) is 0 Å². The largest absolute Gasteiger partial charge is 0.303 e. The highest BCUT2D eigenvalue weighted by atomic mass is 15.1. The summed E-state index contributed by atoms with van der Waals surface area (Å²) in [6.07, 6.45) is 2.95. The van der Waals surface area contributed by atoms with Gasteiger partial charge in [0.2, 0.25) is 0 Å². The molecule has 0 unspecified atom stereocenters. The molecule has 3 fully saturated rings. The Morgan fingerprint density at radius 2 is 1.64 bits per heavy atom. The Morgan fingerprint density at radius 1 is 1.09 bits per heavy atom. The Labute approximate surface area is 70.8 Å². The van der Waals surface area contributed by atoms with Crippen molar-refractivity contribution in [3.8, 4) is 0 Å². The van der Waals surface area contributed by atoms with Crippen molar-refractivity contribution in [3.05, 3.63) is 0 Å². The van der Waals surface area contributed by atoms with Crippen LogP contribution in [0.3, 0.4) is 0 Å². The third-order valence-electron chi connectivity index (χ3n) is 2.98. The average molecular weight is 155 g/mol. The summed E-state index contributed by atoms with van der Waals surface area (Å²) < 4.78 is 0. The SMILES string of the molecule is CC.C[C@H]1CN2CCC1CC2. The molecule has 1 heteroatoms. The van der Waals surface area contributed by atoms with Gasteiger partial charge >= 0.3 is 0 Å². The summed E-state index contributed by atoms with van der Waals surface area (Å²) in [6, 6.07) is 0. The third-order valence-corrected chi connectivity index (χ3v) is 2.98. The molecule has 3 aliphatic rings. The van der Waals surface area contributed by atoms with Gasteiger partial charge in [0, 0.05) is 6.54 Å². The first kappa shape index (κ1) is 9.05. The van der Waals surface area contributed by atoms with Crippen molar-refractivity contribution in [2.45, 2.75) is 33.6 Å². The second-order valence-corrected chi connectivity index (χ2v) is 3.62. The van der Waals surface area contributed by atoms with Crippen LogP contribution in [0.2, 0.25) is 0 Å². The van der Waals surface area contributed by atoms with Crippen LogP contribution in [0.15, 0.2) is 0 Å². The first-order chi connectivity index (χ1) is 5.36. The van der Waals surface area contributed by atoms with E-state index in [-0.39, 0.29) is 0 Å². The van der Waals surface area contributed by atoms with Crippen LogP contribution in [0.1, 0.15) is 33.6 Å². The van der Waals surface area contributed by atoms with Gasteiger partial charge in [-0.15, -0.1) is 0 Å². The molecule has 0 amide bonds. The number of nitrogens with zero attached hydrogens (tertiary/aromatic N) is 1. The lowest BCUT2D eigenvalue weighted by atomic mass is 9.80. The fourth-order valence-corrected chi connectivity index (χ4v) is 2.26. The smallest absolute Gasteiger partial charge is 0.000968 e. The number of fused-ring (bicyclic) bond motifs is 3. The predicted molar refractivity (Wildman–Crippen MR) is 49.7 cm³/mol. The maximum atomic E-state index is 2.60. The van der Waals surface area contributed by atoms with Crippen LogP contribution in [-0.2, 0) is 0 Å². The molecule has 1 atom stereocenters.